The molecule has 1 amide bonds. The molecule has 0 aromatic carbocycles. The molecule has 1 aliphatic heterocycles. The van der Waals surface area contributed by atoms with Gasteiger partial charge in [-0.15, -0.1) is 0 Å². The summed E-state index contributed by atoms with van der Waals surface area (Å²) in [7, 11) is 0. The lowest BCUT2D eigenvalue weighted by molar-refractivity contribution is -0.135. The molecular weight excluding hydrogens is 200 g/mol. The number of nitrogens with two attached hydrogens (primary N) is 1. The predicted octanol–water partition coefficient (Wildman–Crippen LogP) is 1.91. The van der Waals surface area contributed by atoms with Crippen molar-refractivity contribution in [3.63, 3.8) is 0 Å². The Hall–Kier alpha value is -0.570. The number of carbonyl (C=O) groups excluding carboxylic acids is 1. The van der Waals surface area contributed by atoms with Gasteiger partial charge in [0.1, 0.15) is 0 Å². The van der Waals surface area contributed by atoms with E-state index in [2.05, 4.69) is 4.90 Å². The van der Waals surface area contributed by atoms with Crippen LogP contribution < -0.4 is 5.73 Å². The van der Waals surface area contributed by atoms with Gasteiger partial charge in [0.2, 0.25) is 5.91 Å². The Morgan fingerprint density at radius 3 is 2.50 bits per heavy atom. The minimum atomic E-state index is 0.322. The van der Waals surface area contributed by atoms with Gasteiger partial charge in [-0.05, 0) is 38.0 Å². The highest BCUT2D eigenvalue weighted by Gasteiger charge is 2.28. The van der Waals surface area contributed by atoms with Crippen molar-refractivity contribution in [1.82, 2.24) is 4.90 Å². The zero-order valence-electron chi connectivity index (χ0n) is 10.2. The molecule has 2 fully saturated rings. The van der Waals surface area contributed by atoms with E-state index in [1.807, 2.05) is 0 Å². The fourth-order valence-electron chi connectivity index (χ4n) is 3.15. The topological polar surface area (TPSA) is 46.3 Å². The van der Waals surface area contributed by atoms with Crippen LogP contribution >= 0.6 is 0 Å². The summed E-state index contributed by atoms with van der Waals surface area (Å²) in [5, 5.41) is 0. The van der Waals surface area contributed by atoms with Gasteiger partial charge in [0.05, 0.1) is 0 Å². The monoisotopic (exact) mass is 224 g/mol. The summed E-state index contributed by atoms with van der Waals surface area (Å²) < 4.78 is 0. The van der Waals surface area contributed by atoms with Crippen LogP contribution in [0, 0.1) is 5.92 Å². The lowest BCUT2D eigenvalue weighted by Crippen LogP contribution is -2.47. The van der Waals surface area contributed by atoms with Crippen LogP contribution in [0.4, 0.5) is 0 Å². The Balaban J connectivity index is 1.86. The van der Waals surface area contributed by atoms with Crippen LogP contribution in [0.5, 0.6) is 0 Å². The molecule has 0 spiro atoms. The third kappa shape index (κ3) is 2.76. The maximum absolute atomic E-state index is 12.2. The number of hydrogen-bond acceptors (Lipinski definition) is 2. The van der Waals surface area contributed by atoms with E-state index in [4.69, 9.17) is 5.73 Å². The van der Waals surface area contributed by atoms with Crippen molar-refractivity contribution in [2.45, 2.75) is 57.4 Å². The van der Waals surface area contributed by atoms with Gasteiger partial charge in [0, 0.05) is 25.6 Å². The first-order valence-electron chi connectivity index (χ1n) is 6.81. The summed E-state index contributed by atoms with van der Waals surface area (Å²) in [6.45, 7) is 1.57. The molecule has 16 heavy (non-hydrogen) atoms. The van der Waals surface area contributed by atoms with Gasteiger partial charge in [-0.1, -0.05) is 12.8 Å². The van der Waals surface area contributed by atoms with Gasteiger partial charge in [-0.2, -0.15) is 0 Å². The van der Waals surface area contributed by atoms with Crippen molar-refractivity contribution >= 4 is 5.91 Å². The van der Waals surface area contributed by atoms with Crippen LogP contribution in [0.15, 0.2) is 0 Å². The molecule has 1 saturated heterocycles. The van der Waals surface area contributed by atoms with E-state index in [0.717, 1.165) is 25.8 Å². The summed E-state index contributed by atoms with van der Waals surface area (Å²) in [4.78, 5) is 14.3. The average Bonchev–Trinajstić information content (AvgIpc) is 2.81. The largest absolute Gasteiger partial charge is 0.338 e. The molecule has 2 N–H and O–H groups in total. The number of likely N-dealkylation sites (tertiary alicyclic amines) is 1. The Bertz CT molecular complexity index is 236. The molecule has 0 aromatic rings. The van der Waals surface area contributed by atoms with Gasteiger partial charge in [-0.25, -0.2) is 0 Å². The molecule has 92 valence electrons. The first-order valence-corrected chi connectivity index (χ1v) is 6.81. The van der Waals surface area contributed by atoms with E-state index in [1.54, 1.807) is 0 Å². The molecule has 0 bridgehead atoms. The summed E-state index contributed by atoms with van der Waals surface area (Å²) >= 11 is 0. The highest BCUT2D eigenvalue weighted by molar-refractivity contribution is 5.77. The Labute approximate surface area is 98.4 Å². The van der Waals surface area contributed by atoms with Crippen LogP contribution in [0.2, 0.25) is 0 Å². The summed E-state index contributed by atoms with van der Waals surface area (Å²) in [6.07, 6.45) is 9.42. The van der Waals surface area contributed by atoms with Crippen molar-refractivity contribution in [2.24, 2.45) is 11.7 Å². The number of hydrogen-bond donors (Lipinski definition) is 1. The highest BCUT2D eigenvalue weighted by atomic mass is 16.2. The molecule has 2 rings (SSSR count). The summed E-state index contributed by atoms with van der Waals surface area (Å²) in [6, 6.07) is 0.322. The van der Waals surface area contributed by atoms with Crippen molar-refractivity contribution in [1.29, 1.82) is 0 Å². The van der Waals surface area contributed by atoms with E-state index < -0.39 is 0 Å². The van der Waals surface area contributed by atoms with Crippen LogP contribution in [0.1, 0.15) is 51.4 Å². The first kappa shape index (κ1) is 11.9. The number of rotatable bonds is 3. The number of amides is 1. The first-order chi connectivity index (χ1) is 7.81. The normalized spacial score (nSPS) is 27.3. The van der Waals surface area contributed by atoms with E-state index in [9.17, 15) is 4.79 Å². The maximum atomic E-state index is 12.2. The Morgan fingerprint density at radius 2 is 1.81 bits per heavy atom. The third-order valence-electron chi connectivity index (χ3n) is 4.16. The van der Waals surface area contributed by atoms with E-state index in [1.165, 1.54) is 32.1 Å². The van der Waals surface area contributed by atoms with Crippen molar-refractivity contribution in [3.8, 4) is 0 Å². The van der Waals surface area contributed by atoms with Gasteiger partial charge in [0.15, 0.2) is 0 Å². The second-order valence-electron chi connectivity index (χ2n) is 5.33. The number of carbonyl (C=O) groups is 1. The summed E-state index contributed by atoms with van der Waals surface area (Å²) in [5.41, 5.74) is 5.75. The molecule has 1 atom stereocenters. The molecule has 1 saturated carbocycles. The lowest BCUT2D eigenvalue weighted by atomic mass is 9.98. The molecular formula is C13H24N2O. The summed E-state index contributed by atoms with van der Waals surface area (Å²) in [5.74, 6) is 1.02. The molecule has 0 aromatic heterocycles. The maximum Gasteiger partial charge on any atom is 0.223 e. The second-order valence-corrected chi connectivity index (χ2v) is 5.33. The molecule has 1 aliphatic carbocycles. The predicted molar refractivity (Wildman–Crippen MR) is 65.0 cm³/mol. The van der Waals surface area contributed by atoms with E-state index >= 15 is 0 Å². The zero-order valence-corrected chi connectivity index (χ0v) is 10.2. The van der Waals surface area contributed by atoms with Gasteiger partial charge in [-0.3, -0.25) is 4.79 Å². The number of piperidine rings is 1. The van der Waals surface area contributed by atoms with Crippen molar-refractivity contribution < 1.29 is 4.79 Å². The molecule has 0 radical (unpaired) electrons. The molecule has 1 unspecified atom stereocenters. The van der Waals surface area contributed by atoms with E-state index in [-0.39, 0.29) is 0 Å². The fourth-order valence-corrected chi connectivity index (χ4v) is 3.15. The van der Waals surface area contributed by atoms with Crippen LogP contribution in [-0.4, -0.2) is 29.9 Å². The van der Waals surface area contributed by atoms with Gasteiger partial charge in [0.25, 0.3) is 0 Å². The SMILES string of the molecule is NCC1CCCCN1C(=O)CC1CCCC1. The zero-order chi connectivity index (χ0) is 11.4. The van der Waals surface area contributed by atoms with Gasteiger partial charge < -0.3 is 10.6 Å². The minimum absolute atomic E-state index is 0.322. The molecule has 2 aliphatic rings. The minimum Gasteiger partial charge on any atom is -0.338 e. The Kier molecular flexibility index (Phi) is 4.22. The lowest BCUT2D eigenvalue weighted by Gasteiger charge is -2.35. The quantitative estimate of drug-likeness (QED) is 0.796. The standard InChI is InChI=1S/C13H24N2O/c14-10-12-7-3-4-8-15(12)13(16)9-11-5-1-2-6-11/h11-12H,1-10,14H2. The van der Waals surface area contributed by atoms with Crippen LogP contribution in [0.25, 0.3) is 0 Å². The molecule has 3 heteroatoms. The smallest absolute Gasteiger partial charge is 0.223 e. The second kappa shape index (κ2) is 5.67. The van der Waals surface area contributed by atoms with Crippen molar-refractivity contribution in [2.75, 3.05) is 13.1 Å². The molecule has 1 heterocycles. The van der Waals surface area contributed by atoms with E-state index in [0.29, 0.717) is 24.4 Å². The van der Waals surface area contributed by atoms with Gasteiger partial charge >= 0.3 is 0 Å². The molecule has 3 nitrogen and oxygen atoms in total. The average molecular weight is 224 g/mol. The van der Waals surface area contributed by atoms with Crippen LogP contribution in [0.3, 0.4) is 0 Å². The fraction of sp³-hybridized carbons (Fsp3) is 0.923. The Morgan fingerprint density at radius 1 is 1.12 bits per heavy atom. The van der Waals surface area contributed by atoms with Crippen molar-refractivity contribution in [3.05, 3.63) is 0 Å². The third-order valence-corrected chi connectivity index (χ3v) is 4.16. The van der Waals surface area contributed by atoms with Crippen LogP contribution in [-0.2, 0) is 4.79 Å². The highest BCUT2D eigenvalue weighted by Crippen LogP contribution is 2.29. The number of nitrogens with zero attached hydrogens (tertiary/aromatic N) is 1.